The van der Waals surface area contributed by atoms with Gasteiger partial charge in [-0.25, -0.2) is 0 Å². The molecule has 1 rings (SSSR count). The average molecular weight is 116 g/mol. The number of nitrogens with one attached hydrogen (secondary N) is 1. The lowest BCUT2D eigenvalue weighted by Gasteiger charge is -1.67. The minimum Gasteiger partial charge on any atom is -0.281 e. The van der Waals surface area contributed by atoms with Gasteiger partial charge in [0.2, 0.25) is 0 Å². The highest BCUT2D eigenvalue weighted by Gasteiger charge is 1.87. The largest absolute Gasteiger partial charge is 0.281 e. The highest BCUT2D eigenvalue weighted by atomic mass is 35.5. The first-order valence-corrected chi connectivity index (χ1v) is 2.20. The van der Waals surface area contributed by atoms with E-state index in [1.165, 1.54) is 0 Å². The van der Waals surface area contributed by atoms with Crippen molar-refractivity contribution in [2.75, 3.05) is 0 Å². The molecule has 0 spiro atoms. The molecule has 0 aromatic carbocycles. The Kier molecular flexibility index (Phi) is 1.02. The smallest absolute Gasteiger partial charge is 0.151 e. The van der Waals surface area contributed by atoms with Crippen molar-refractivity contribution in [1.29, 1.82) is 0 Å². The number of halogens is 1. The van der Waals surface area contributed by atoms with Gasteiger partial charge in [0.25, 0.3) is 0 Å². The van der Waals surface area contributed by atoms with Crippen LogP contribution in [0.25, 0.3) is 0 Å². The molecule has 1 aromatic rings. The molecule has 1 radical (unpaired) electrons. The molecule has 3 heteroatoms. The summed E-state index contributed by atoms with van der Waals surface area (Å²) in [6.45, 7) is 3.54. The summed E-state index contributed by atoms with van der Waals surface area (Å²) in [6.07, 6.45) is 0. The summed E-state index contributed by atoms with van der Waals surface area (Å²) >= 11 is 5.38. The average Bonchev–Trinajstić information content (AvgIpc) is 1.87. The fraction of sp³-hybridized carbons (Fsp3) is 0. The number of hydrogen-bond donors (Lipinski definition) is 1. The molecule has 0 saturated carbocycles. The molecule has 0 unspecified atom stereocenters. The normalized spacial score (nSPS) is 9.43. The van der Waals surface area contributed by atoms with E-state index < -0.39 is 0 Å². The Morgan fingerprint density at radius 2 is 2.57 bits per heavy atom. The van der Waals surface area contributed by atoms with Gasteiger partial charge < -0.3 is 0 Å². The van der Waals surface area contributed by atoms with Crippen LogP contribution in [-0.4, -0.2) is 10.2 Å². The molecule has 0 fully saturated rings. The third-order valence-corrected chi connectivity index (χ3v) is 0.793. The zero-order valence-electron chi connectivity index (χ0n) is 3.61. The van der Waals surface area contributed by atoms with Gasteiger partial charge in [0, 0.05) is 5.69 Å². The first kappa shape index (κ1) is 4.65. The van der Waals surface area contributed by atoms with Crippen LogP contribution >= 0.6 is 11.6 Å². The van der Waals surface area contributed by atoms with Gasteiger partial charge in [-0.3, -0.25) is 5.10 Å². The van der Waals surface area contributed by atoms with Crippen LogP contribution in [0, 0.1) is 6.92 Å². The van der Waals surface area contributed by atoms with Gasteiger partial charge in [-0.15, -0.1) is 0 Å². The highest BCUT2D eigenvalue weighted by molar-refractivity contribution is 6.29. The first-order chi connectivity index (χ1) is 3.29. The van der Waals surface area contributed by atoms with Crippen LogP contribution in [-0.2, 0) is 0 Å². The van der Waals surface area contributed by atoms with Crippen LogP contribution in [0.15, 0.2) is 6.07 Å². The summed E-state index contributed by atoms with van der Waals surface area (Å²) in [4.78, 5) is 0. The molecule has 37 valence electrons. The van der Waals surface area contributed by atoms with Gasteiger partial charge in [-0.05, 0) is 13.0 Å². The van der Waals surface area contributed by atoms with Gasteiger partial charge in [0.05, 0.1) is 0 Å². The fourth-order valence-corrected chi connectivity index (χ4v) is 0.507. The molecule has 7 heavy (non-hydrogen) atoms. The van der Waals surface area contributed by atoms with E-state index >= 15 is 0 Å². The number of aromatic nitrogens is 2. The molecule has 2 nitrogen and oxygen atoms in total. The van der Waals surface area contributed by atoms with Crippen molar-refractivity contribution in [2.45, 2.75) is 0 Å². The van der Waals surface area contributed by atoms with E-state index in [2.05, 4.69) is 17.1 Å². The van der Waals surface area contributed by atoms with E-state index in [0.29, 0.717) is 5.15 Å². The lowest BCUT2D eigenvalue weighted by molar-refractivity contribution is 1.07. The van der Waals surface area contributed by atoms with Crippen molar-refractivity contribution < 1.29 is 0 Å². The molecular formula is C4H4ClN2. The first-order valence-electron chi connectivity index (χ1n) is 1.82. The van der Waals surface area contributed by atoms with Gasteiger partial charge in [-0.1, -0.05) is 11.6 Å². The quantitative estimate of drug-likeness (QED) is 0.542. The Balaban J connectivity index is 3.04. The second-order valence-electron chi connectivity index (χ2n) is 1.22. The Morgan fingerprint density at radius 3 is 2.71 bits per heavy atom. The van der Waals surface area contributed by atoms with Crippen molar-refractivity contribution in [2.24, 2.45) is 0 Å². The van der Waals surface area contributed by atoms with Crippen LogP contribution in [0.5, 0.6) is 0 Å². The summed E-state index contributed by atoms with van der Waals surface area (Å²) in [5, 5.41) is 6.63. The van der Waals surface area contributed by atoms with Gasteiger partial charge in [0.1, 0.15) is 0 Å². The number of H-pyrrole nitrogens is 1. The predicted octanol–water partition coefficient (Wildman–Crippen LogP) is 1.25. The van der Waals surface area contributed by atoms with Crippen LogP contribution in [0.3, 0.4) is 0 Å². The minimum atomic E-state index is 0.463. The molecule has 0 atom stereocenters. The number of rotatable bonds is 0. The molecule has 0 bridgehead atoms. The topological polar surface area (TPSA) is 28.7 Å². The van der Waals surface area contributed by atoms with Crippen molar-refractivity contribution in [3.63, 3.8) is 0 Å². The Labute approximate surface area is 46.5 Å². The molecule has 0 aliphatic rings. The van der Waals surface area contributed by atoms with E-state index in [-0.39, 0.29) is 0 Å². The zero-order valence-corrected chi connectivity index (χ0v) is 4.37. The fourth-order valence-electron chi connectivity index (χ4n) is 0.334. The lowest BCUT2D eigenvalue weighted by atomic mass is 10.5. The maximum absolute atomic E-state index is 5.38. The summed E-state index contributed by atoms with van der Waals surface area (Å²) < 4.78 is 0. The molecule has 1 N–H and O–H groups in total. The molecule has 1 aromatic heterocycles. The van der Waals surface area contributed by atoms with Crippen molar-refractivity contribution in [1.82, 2.24) is 10.2 Å². The summed E-state index contributed by atoms with van der Waals surface area (Å²) in [6, 6.07) is 1.65. The summed E-state index contributed by atoms with van der Waals surface area (Å²) in [5.41, 5.74) is 0.741. The van der Waals surface area contributed by atoms with E-state index in [1.54, 1.807) is 6.07 Å². The van der Waals surface area contributed by atoms with Crippen LogP contribution in [0.2, 0.25) is 5.15 Å². The molecule has 0 aliphatic heterocycles. The molecule has 0 saturated heterocycles. The molecule has 0 amide bonds. The molecule has 1 heterocycles. The van der Waals surface area contributed by atoms with E-state index in [4.69, 9.17) is 11.6 Å². The van der Waals surface area contributed by atoms with Crippen molar-refractivity contribution in [3.8, 4) is 0 Å². The van der Waals surface area contributed by atoms with Crippen LogP contribution in [0.1, 0.15) is 5.69 Å². The van der Waals surface area contributed by atoms with Gasteiger partial charge in [0.15, 0.2) is 5.15 Å². The Bertz CT molecular complexity index is 142. The van der Waals surface area contributed by atoms with E-state index in [1.807, 2.05) is 0 Å². The predicted molar refractivity (Wildman–Crippen MR) is 28.1 cm³/mol. The summed E-state index contributed by atoms with van der Waals surface area (Å²) in [5.74, 6) is 0. The number of aromatic amines is 1. The Morgan fingerprint density at radius 1 is 1.86 bits per heavy atom. The van der Waals surface area contributed by atoms with Crippen molar-refractivity contribution >= 4 is 11.6 Å². The number of hydrogen-bond acceptors (Lipinski definition) is 1. The zero-order chi connectivity index (χ0) is 5.28. The second kappa shape index (κ2) is 1.54. The van der Waals surface area contributed by atoms with Gasteiger partial charge in [-0.2, -0.15) is 5.10 Å². The monoisotopic (exact) mass is 115 g/mol. The van der Waals surface area contributed by atoms with E-state index in [9.17, 15) is 0 Å². The van der Waals surface area contributed by atoms with Crippen LogP contribution in [0.4, 0.5) is 0 Å². The maximum Gasteiger partial charge on any atom is 0.151 e. The lowest BCUT2D eigenvalue weighted by Crippen LogP contribution is -1.66. The highest BCUT2D eigenvalue weighted by Crippen LogP contribution is 2.02. The van der Waals surface area contributed by atoms with E-state index in [0.717, 1.165) is 5.69 Å². The van der Waals surface area contributed by atoms with Crippen LogP contribution < -0.4 is 0 Å². The SMILES string of the molecule is [CH2]c1cc(Cl)n[nH]1. The third kappa shape index (κ3) is 0.933. The second-order valence-corrected chi connectivity index (χ2v) is 1.60. The molecular weight excluding hydrogens is 112 g/mol. The Hall–Kier alpha value is -0.500. The van der Waals surface area contributed by atoms with Crippen molar-refractivity contribution in [3.05, 3.63) is 23.8 Å². The maximum atomic E-state index is 5.38. The number of nitrogens with zero attached hydrogens (tertiary/aromatic N) is 1. The molecule has 0 aliphatic carbocycles. The summed E-state index contributed by atoms with van der Waals surface area (Å²) in [7, 11) is 0. The van der Waals surface area contributed by atoms with Gasteiger partial charge >= 0.3 is 0 Å². The standard InChI is InChI=1S/C4H4ClN2/c1-3-2-4(5)7-6-3/h2H,1H2,(H,6,7). The minimum absolute atomic E-state index is 0.463. The third-order valence-electron chi connectivity index (χ3n) is 0.600.